The zero-order valence-corrected chi connectivity index (χ0v) is 15.6. The van der Waals surface area contributed by atoms with Gasteiger partial charge in [0.05, 0.1) is 17.7 Å². The Morgan fingerprint density at radius 3 is 2.18 bits per heavy atom. The molecule has 0 aliphatic carbocycles. The second kappa shape index (κ2) is 8.01. The predicted molar refractivity (Wildman–Crippen MR) is 103 cm³/mol. The highest BCUT2D eigenvalue weighted by Gasteiger charge is 2.17. The Labute approximate surface area is 162 Å². The largest absolute Gasteiger partial charge is 0.507 e. The van der Waals surface area contributed by atoms with Crippen LogP contribution in [0.2, 0.25) is 0 Å². The van der Waals surface area contributed by atoms with Gasteiger partial charge in [0.15, 0.2) is 0 Å². The average molecular weight is 399 g/mol. The molecule has 0 fully saturated rings. The first-order valence-corrected chi connectivity index (χ1v) is 9.64. The monoisotopic (exact) mass is 399 g/mol. The Bertz CT molecular complexity index is 1080. The van der Waals surface area contributed by atoms with Crippen LogP contribution in [0.5, 0.6) is 17.2 Å². The second-order valence-corrected chi connectivity index (χ2v) is 7.40. The number of para-hydroxylation sites is 1. The lowest BCUT2D eigenvalue weighted by Gasteiger charge is -2.11. The van der Waals surface area contributed by atoms with Gasteiger partial charge in [0, 0.05) is 6.07 Å². The van der Waals surface area contributed by atoms with Gasteiger partial charge in [-0.05, 0) is 48.5 Å². The number of methoxy groups -OCH3 is 1. The summed E-state index contributed by atoms with van der Waals surface area (Å²) in [7, 11) is -2.71. The minimum Gasteiger partial charge on any atom is -0.507 e. The van der Waals surface area contributed by atoms with Crippen LogP contribution < -0.4 is 9.46 Å². The van der Waals surface area contributed by atoms with E-state index >= 15 is 0 Å². The van der Waals surface area contributed by atoms with E-state index < -0.39 is 21.7 Å². The lowest BCUT2D eigenvalue weighted by molar-refractivity contribution is 0.0597. The summed E-state index contributed by atoms with van der Waals surface area (Å²) in [5, 5.41) is 9.88. The molecule has 28 heavy (non-hydrogen) atoms. The van der Waals surface area contributed by atoms with Gasteiger partial charge in [0.25, 0.3) is 10.0 Å². The summed E-state index contributed by atoms with van der Waals surface area (Å²) in [4.78, 5) is 11.5. The molecule has 3 rings (SSSR count). The van der Waals surface area contributed by atoms with Crippen LogP contribution in [0.4, 0.5) is 5.69 Å². The number of carbonyl (C=O) groups excluding carboxylic acids is 1. The maximum Gasteiger partial charge on any atom is 0.341 e. The van der Waals surface area contributed by atoms with Gasteiger partial charge in [-0.3, -0.25) is 4.72 Å². The highest BCUT2D eigenvalue weighted by molar-refractivity contribution is 7.92. The first kappa shape index (κ1) is 19.2. The van der Waals surface area contributed by atoms with Gasteiger partial charge in [-0.2, -0.15) is 0 Å². The third-order valence-electron chi connectivity index (χ3n) is 3.77. The van der Waals surface area contributed by atoms with Gasteiger partial charge in [0.2, 0.25) is 0 Å². The van der Waals surface area contributed by atoms with Gasteiger partial charge < -0.3 is 14.6 Å². The molecule has 0 atom stereocenters. The highest BCUT2D eigenvalue weighted by atomic mass is 32.2. The van der Waals surface area contributed by atoms with Crippen molar-refractivity contribution in [2.45, 2.75) is 4.90 Å². The maximum absolute atomic E-state index is 12.5. The quantitative estimate of drug-likeness (QED) is 0.612. The molecule has 0 saturated heterocycles. The number of carbonyl (C=O) groups is 1. The summed E-state index contributed by atoms with van der Waals surface area (Å²) in [6.07, 6.45) is 0. The summed E-state index contributed by atoms with van der Waals surface area (Å²) in [6.45, 7) is 0. The SMILES string of the molecule is COC(=O)c1ccc(NS(=O)(=O)c2ccc(Oc3ccccc3)cc2)cc1O. The van der Waals surface area contributed by atoms with Crippen molar-refractivity contribution in [3.05, 3.63) is 78.4 Å². The van der Waals surface area contributed by atoms with Gasteiger partial charge in [-0.15, -0.1) is 0 Å². The van der Waals surface area contributed by atoms with Crippen molar-refractivity contribution in [1.29, 1.82) is 0 Å². The Balaban J connectivity index is 1.76. The first-order chi connectivity index (χ1) is 13.4. The van der Waals surface area contributed by atoms with Crippen LogP contribution in [0.3, 0.4) is 0 Å². The van der Waals surface area contributed by atoms with Crippen molar-refractivity contribution in [2.24, 2.45) is 0 Å². The summed E-state index contributed by atoms with van der Waals surface area (Å²) < 4.78 is 37.6. The molecule has 2 N–H and O–H groups in total. The molecule has 0 saturated carbocycles. The van der Waals surface area contributed by atoms with E-state index in [-0.39, 0.29) is 16.1 Å². The van der Waals surface area contributed by atoms with Crippen molar-refractivity contribution in [2.75, 3.05) is 11.8 Å². The van der Waals surface area contributed by atoms with E-state index in [0.29, 0.717) is 11.5 Å². The molecule has 8 heteroatoms. The van der Waals surface area contributed by atoms with E-state index in [1.54, 1.807) is 24.3 Å². The maximum atomic E-state index is 12.5. The molecule has 144 valence electrons. The van der Waals surface area contributed by atoms with Crippen LogP contribution in [0.25, 0.3) is 0 Å². The summed E-state index contributed by atoms with van der Waals surface area (Å²) in [5.74, 6) is 0.0159. The molecule has 0 aliphatic heterocycles. The Kier molecular flexibility index (Phi) is 5.51. The number of esters is 1. The topological polar surface area (TPSA) is 102 Å². The number of hydrogen-bond donors (Lipinski definition) is 2. The van der Waals surface area contributed by atoms with E-state index in [4.69, 9.17) is 4.74 Å². The van der Waals surface area contributed by atoms with Gasteiger partial charge >= 0.3 is 5.97 Å². The van der Waals surface area contributed by atoms with Crippen molar-refractivity contribution in [1.82, 2.24) is 0 Å². The number of rotatable bonds is 6. The number of phenolic OH excluding ortho intramolecular Hbond substituents is 1. The molecule has 3 aromatic rings. The molecule has 0 amide bonds. The fourth-order valence-corrected chi connectivity index (χ4v) is 3.45. The minimum atomic E-state index is -3.89. The number of benzene rings is 3. The van der Waals surface area contributed by atoms with Crippen molar-refractivity contribution in [3.8, 4) is 17.2 Å². The van der Waals surface area contributed by atoms with E-state index in [0.717, 1.165) is 6.07 Å². The van der Waals surface area contributed by atoms with E-state index in [9.17, 15) is 18.3 Å². The molecule has 7 nitrogen and oxygen atoms in total. The van der Waals surface area contributed by atoms with Gasteiger partial charge in [-0.25, -0.2) is 13.2 Å². The lowest BCUT2D eigenvalue weighted by atomic mass is 10.2. The van der Waals surface area contributed by atoms with E-state index in [1.807, 2.05) is 18.2 Å². The highest BCUT2D eigenvalue weighted by Crippen LogP contribution is 2.26. The predicted octanol–water partition coefficient (Wildman–Crippen LogP) is 3.77. The first-order valence-electron chi connectivity index (χ1n) is 8.16. The van der Waals surface area contributed by atoms with E-state index in [1.165, 1.54) is 31.4 Å². The number of sulfonamides is 1. The number of ether oxygens (including phenoxy) is 2. The smallest absolute Gasteiger partial charge is 0.341 e. The van der Waals surface area contributed by atoms with Crippen LogP contribution >= 0.6 is 0 Å². The number of anilines is 1. The molecule has 0 bridgehead atoms. The normalized spacial score (nSPS) is 10.9. The molecule has 0 aromatic heterocycles. The van der Waals surface area contributed by atoms with Crippen LogP contribution in [-0.2, 0) is 14.8 Å². The lowest BCUT2D eigenvalue weighted by Crippen LogP contribution is -2.13. The van der Waals surface area contributed by atoms with Crippen molar-refractivity contribution in [3.63, 3.8) is 0 Å². The zero-order chi connectivity index (χ0) is 20.1. The minimum absolute atomic E-state index is 0.0180. The summed E-state index contributed by atoms with van der Waals surface area (Å²) in [6, 6.07) is 18.8. The van der Waals surface area contributed by atoms with Crippen LogP contribution in [-0.4, -0.2) is 26.6 Å². The van der Waals surface area contributed by atoms with Crippen molar-refractivity contribution >= 4 is 21.7 Å². The Hall–Kier alpha value is -3.52. The van der Waals surface area contributed by atoms with Crippen molar-refractivity contribution < 1.29 is 27.8 Å². The third-order valence-corrected chi connectivity index (χ3v) is 5.17. The fraction of sp³-hybridized carbons (Fsp3) is 0.0500. The third kappa shape index (κ3) is 4.41. The number of nitrogens with one attached hydrogen (secondary N) is 1. The van der Waals surface area contributed by atoms with Crippen LogP contribution in [0.1, 0.15) is 10.4 Å². The molecule has 0 heterocycles. The van der Waals surface area contributed by atoms with Crippen LogP contribution in [0.15, 0.2) is 77.7 Å². The Morgan fingerprint density at radius 2 is 1.57 bits per heavy atom. The van der Waals surface area contributed by atoms with Crippen LogP contribution in [0, 0.1) is 0 Å². The fourth-order valence-electron chi connectivity index (χ4n) is 2.40. The molecular formula is C20H17NO6S. The molecule has 0 spiro atoms. The Morgan fingerprint density at radius 1 is 0.929 bits per heavy atom. The summed E-state index contributed by atoms with van der Waals surface area (Å²) >= 11 is 0. The van der Waals surface area contributed by atoms with Gasteiger partial charge in [0.1, 0.15) is 22.8 Å². The van der Waals surface area contributed by atoms with Gasteiger partial charge in [-0.1, -0.05) is 18.2 Å². The molecule has 0 aliphatic rings. The summed E-state index contributed by atoms with van der Waals surface area (Å²) in [5.41, 5.74) is 0.0441. The number of phenols is 1. The molecule has 0 radical (unpaired) electrons. The standard InChI is InChI=1S/C20H17NO6S/c1-26-20(23)18-12-7-14(13-19(18)22)21-28(24,25)17-10-8-16(9-11-17)27-15-5-3-2-4-6-15/h2-13,21-22H,1H3. The number of hydrogen-bond acceptors (Lipinski definition) is 6. The molecular weight excluding hydrogens is 382 g/mol. The zero-order valence-electron chi connectivity index (χ0n) is 14.8. The number of aromatic hydroxyl groups is 1. The second-order valence-electron chi connectivity index (χ2n) is 5.72. The van der Waals surface area contributed by atoms with E-state index in [2.05, 4.69) is 9.46 Å². The average Bonchev–Trinajstić information content (AvgIpc) is 2.68. The molecule has 3 aromatic carbocycles. The molecule has 0 unspecified atom stereocenters.